The highest BCUT2D eigenvalue weighted by molar-refractivity contribution is 9.10. The zero-order valence-corrected chi connectivity index (χ0v) is 12.7. The molecule has 1 aromatic rings. The highest BCUT2D eigenvalue weighted by Gasteiger charge is 2.18. The maximum absolute atomic E-state index is 13.2. The molecule has 0 spiro atoms. The molecule has 2 N–H and O–H groups in total. The average molecular weight is 332 g/mol. The molecule has 0 fully saturated rings. The first-order valence-corrected chi connectivity index (χ1v) is 7.06. The molecule has 5 heteroatoms. The van der Waals surface area contributed by atoms with Gasteiger partial charge in [-0.05, 0) is 36.1 Å². The molecule has 0 aliphatic rings. The van der Waals surface area contributed by atoms with Gasteiger partial charge in [-0.3, -0.25) is 4.79 Å². The molecule has 1 aromatic carbocycles. The number of carbonyl (C=O) groups is 1. The fraction of sp³-hybridized carbons (Fsp3) is 0.500. The summed E-state index contributed by atoms with van der Waals surface area (Å²) in [6, 6.07) is 4.65. The van der Waals surface area contributed by atoms with Crippen LogP contribution in [0.3, 0.4) is 0 Å². The van der Waals surface area contributed by atoms with Crippen LogP contribution in [0.2, 0.25) is 0 Å². The Labute approximate surface area is 121 Å². The van der Waals surface area contributed by atoms with Gasteiger partial charge >= 0.3 is 5.97 Å². The van der Waals surface area contributed by atoms with Gasteiger partial charge in [-0.2, -0.15) is 0 Å². The van der Waals surface area contributed by atoms with Crippen molar-refractivity contribution in [2.75, 3.05) is 6.54 Å². The number of carboxylic acids is 1. The number of hydrogen-bond acceptors (Lipinski definition) is 2. The SMILES string of the molecule is CC(C)CC(CNCc1cc(F)cc(Br)c1)C(=O)O. The van der Waals surface area contributed by atoms with Crippen molar-refractivity contribution in [2.24, 2.45) is 11.8 Å². The summed E-state index contributed by atoms with van der Waals surface area (Å²) in [5, 5.41) is 12.2. The Morgan fingerprint density at radius 1 is 1.42 bits per heavy atom. The van der Waals surface area contributed by atoms with Crippen molar-refractivity contribution < 1.29 is 14.3 Å². The van der Waals surface area contributed by atoms with Crippen LogP contribution in [0.25, 0.3) is 0 Å². The largest absolute Gasteiger partial charge is 0.481 e. The third-order valence-corrected chi connectivity index (χ3v) is 3.21. The van der Waals surface area contributed by atoms with Crippen LogP contribution in [0.4, 0.5) is 4.39 Å². The topological polar surface area (TPSA) is 49.3 Å². The zero-order valence-electron chi connectivity index (χ0n) is 11.1. The number of halogens is 2. The normalized spacial score (nSPS) is 12.7. The molecule has 0 saturated carbocycles. The van der Waals surface area contributed by atoms with E-state index in [0.717, 1.165) is 5.56 Å². The van der Waals surface area contributed by atoms with Gasteiger partial charge in [0.2, 0.25) is 0 Å². The second-order valence-electron chi connectivity index (χ2n) is 5.07. The lowest BCUT2D eigenvalue weighted by Gasteiger charge is -2.15. The Kier molecular flexibility index (Phi) is 6.45. The Bertz CT molecular complexity index is 417. The molecule has 1 rings (SSSR count). The summed E-state index contributed by atoms with van der Waals surface area (Å²) in [4.78, 5) is 11.1. The van der Waals surface area contributed by atoms with Gasteiger partial charge in [0.05, 0.1) is 5.92 Å². The van der Waals surface area contributed by atoms with Gasteiger partial charge in [0, 0.05) is 17.6 Å². The summed E-state index contributed by atoms with van der Waals surface area (Å²) >= 11 is 3.23. The number of nitrogens with one attached hydrogen (secondary N) is 1. The van der Waals surface area contributed by atoms with Gasteiger partial charge < -0.3 is 10.4 Å². The number of aliphatic carboxylic acids is 1. The molecule has 1 unspecified atom stereocenters. The van der Waals surface area contributed by atoms with Crippen LogP contribution in [0.15, 0.2) is 22.7 Å². The Hall–Kier alpha value is -0.940. The fourth-order valence-electron chi connectivity index (χ4n) is 1.94. The summed E-state index contributed by atoms with van der Waals surface area (Å²) in [5.41, 5.74) is 0.792. The van der Waals surface area contributed by atoms with E-state index in [-0.39, 0.29) is 5.82 Å². The molecule has 106 valence electrons. The van der Waals surface area contributed by atoms with Crippen molar-refractivity contribution in [1.82, 2.24) is 5.32 Å². The van der Waals surface area contributed by atoms with Crippen LogP contribution in [0, 0.1) is 17.7 Å². The molecule has 0 saturated heterocycles. The average Bonchev–Trinajstić information content (AvgIpc) is 2.25. The first kappa shape index (κ1) is 16.1. The second kappa shape index (κ2) is 7.60. The number of carboxylic acid groups (broad SMARTS) is 1. The van der Waals surface area contributed by atoms with Gasteiger partial charge in [0.1, 0.15) is 5.82 Å². The van der Waals surface area contributed by atoms with Crippen LogP contribution in [-0.4, -0.2) is 17.6 Å². The van der Waals surface area contributed by atoms with E-state index in [4.69, 9.17) is 5.11 Å². The lowest BCUT2D eigenvalue weighted by atomic mass is 9.97. The summed E-state index contributed by atoms with van der Waals surface area (Å²) in [6.07, 6.45) is 0.634. The highest BCUT2D eigenvalue weighted by atomic mass is 79.9. The predicted octanol–water partition coefficient (Wildman–Crippen LogP) is 3.42. The molecule has 0 aromatic heterocycles. The van der Waals surface area contributed by atoms with E-state index in [1.165, 1.54) is 12.1 Å². The first-order valence-electron chi connectivity index (χ1n) is 6.27. The molecule has 0 aliphatic heterocycles. The van der Waals surface area contributed by atoms with Crippen molar-refractivity contribution in [2.45, 2.75) is 26.8 Å². The lowest BCUT2D eigenvalue weighted by molar-refractivity contribution is -0.142. The van der Waals surface area contributed by atoms with E-state index in [1.54, 1.807) is 0 Å². The summed E-state index contributed by atoms with van der Waals surface area (Å²) in [6.45, 7) is 4.85. The van der Waals surface area contributed by atoms with Crippen LogP contribution in [-0.2, 0) is 11.3 Å². The molecule has 1 atom stereocenters. The van der Waals surface area contributed by atoms with Gasteiger partial charge in [0.15, 0.2) is 0 Å². The summed E-state index contributed by atoms with van der Waals surface area (Å²) in [5.74, 6) is -1.16. The van der Waals surface area contributed by atoms with Crippen molar-refractivity contribution in [3.63, 3.8) is 0 Å². The Balaban J connectivity index is 2.49. The molecular weight excluding hydrogens is 313 g/mol. The minimum Gasteiger partial charge on any atom is -0.481 e. The quantitative estimate of drug-likeness (QED) is 0.804. The van der Waals surface area contributed by atoms with Crippen molar-refractivity contribution in [3.8, 4) is 0 Å². The zero-order chi connectivity index (χ0) is 14.4. The Morgan fingerprint density at radius 2 is 2.11 bits per heavy atom. The smallest absolute Gasteiger partial charge is 0.307 e. The van der Waals surface area contributed by atoms with E-state index >= 15 is 0 Å². The van der Waals surface area contributed by atoms with Gasteiger partial charge in [0.25, 0.3) is 0 Å². The van der Waals surface area contributed by atoms with Crippen molar-refractivity contribution >= 4 is 21.9 Å². The number of hydrogen-bond donors (Lipinski definition) is 2. The maximum Gasteiger partial charge on any atom is 0.307 e. The first-order chi connectivity index (χ1) is 8.88. The molecule has 0 bridgehead atoms. The molecule has 0 heterocycles. The fourth-order valence-corrected chi connectivity index (χ4v) is 2.46. The molecule has 3 nitrogen and oxygen atoms in total. The number of benzene rings is 1. The van der Waals surface area contributed by atoms with Gasteiger partial charge in [-0.1, -0.05) is 29.8 Å². The maximum atomic E-state index is 13.2. The third kappa shape index (κ3) is 6.16. The van der Waals surface area contributed by atoms with Crippen molar-refractivity contribution in [3.05, 3.63) is 34.1 Å². The van der Waals surface area contributed by atoms with E-state index in [1.807, 2.05) is 19.9 Å². The molecular formula is C14H19BrFNO2. The Morgan fingerprint density at radius 3 is 2.63 bits per heavy atom. The second-order valence-corrected chi connectivity index (χ2v) is 5.99. The highest BCUT2D eigenvalue weighted by Crippen LogP contribution is 2.15. The van der Waals surface area contributed by atoms with Crippen LogP contribution >= 0.6 is 15.9 Å². The van der Waals surface area contributed by atoms with E-state index < -0.39 is 11.9 Å². The van der Waals surface area contributed by atoms with Gasteiger partial charge in [-0.25, -0.2) is 4.39 Å². The predicted molar refractivity (Wildman–Crippen MR) is 76.4 cm³/mol. The molecule has 19 heavy (non-hydrogen) atoms. The lowest BCUT2D eigenvalue weighted by Crippen LogP contribution is -2.29. The van der Waals surface area contributed by atoms with E-state index in [0.29, 0.717) is 29.9 Å². The van der Waals surface area contributed by atoms with Crippen molar-refractivity contribution in [1.29, 1.82) is 0 Å². The van der Waals surface area contributed by atoms with E-state index in [9.17, 15) is 9.18 Å². The minimum absolute atomic E-state index is 0.303. The minimum atomic E-state index is -0.790. The van der Waals surface area contributed by atoms with E-state index in [2.05, 4.69) is 21.2 Å². The monoisotopic (exact) mass is 331 g/mol. The molecule has 0 amide bonds. The summed E-state index contributed by atoms with van der Waals surface area (Å²) in [7, 11) is 0. The molecule has 0 radical (unpaired) electrons. The van der Waals surface area contributed by atoms with Gasteiger partial charge in [-0.15, -0.1) is 0 Å². The van der Waals surface area contributed by atoms with Crippen LogP contribution < -0.4 is 5.32 Å². The molecule has 0 aliphatic carbocycles. The summed E-state index contributed by atoms with van der Waals surface area (Å²) < 4.78 is 13.8. The van der Waals surface area contributed by atoms with Crippen LogP contribution in [0.5, 0.6) is 0 Å². The van der Waals surface area contributed by atoms with Crippen LogP contribution in [0.1, 0.15) is 25.8 Å². The third-order valence-electron chi connectivity index (χ3n) is 2.75. The number of rotatable bonds is 7. The standard InChI is InChI=1S/C14H19BrFNO2/c1-9(2)3-11(14(18)19)8-17-7-10-4-12(15)6-13(16)5-10/h4-6,9,11,17H,3,7-8H2,1-2H3,(H,18,19).